The molecule has 0 spiro atoms. The van der Waals surface area contributed by atoms with Crippen LogP contribution in [0.4, 0.5) is 0 Å². The van der Waals surface area contributed by atoms with Gasteiger partial charge in [0.2, 0.25) is 0 Å². The van der Waals surface area contributed by atoms with Gasteiger partial charge in [0.15, 0.2) is 5.75 Å². The van der Waals surface area contributed by atoms with Crippen LogP contribution in [0.5, 0.6) is 5.75 Å². The van der Waals surface area contributed by atoms with E-state index in [0.717, 1.165) is 5.39 Å². The van der Waals surface area contributed by atoms with Crippen molar-refractivity contribution in [3.8, 4) is 5.75 Å². The van der Waals surface area contributed by atoms with Gasteiger partial charge in [0.1, 0.15) is 4.90 Å². The van der Waals surface area contributed by atoms with Crippen LogP contribution in [0.25, 0.3) is 10.8 Å². The van der Waals surface area contributed by atoms with Crippen molar-refractivity contribution in [2.75, 3.05) is 0 Å². The molecule has 3 aromatic rings. The fourth-order valence-corrected chi connectivity index (χ4v) is 4.01. The van der Waals surface area contributed by atoms with Gasteiger partial charge in [0.05, 0.1) is 5.02 Å². The Morgan fingerprint density at radius 1 is 0.913 bits per heavy atom. The summed E-state index contributed by atoms with van der Waals surface area (Å²) < 4.78 is 30.5. The number of hydrogen-bond donors (Lipinski definition) is 0. The minimum atomic E-state index is -4.07. The van der Waals surface area contributed by atoms with Crippen LogP contribution in [0.15, 0.2) is 59.5 Å². The first-order valence-electron chi connectivity index (χ1n) is 6.76. The lowest BCUT2D eigenvalue weighted by Gasteiger charge is -2.11. The molecule has 0 amide bonds. The fraction of sp³-hybridized carbons (Fsp3) is 0.0588. The highest BCUT2D eigenvalue weighted by Crippen LogP contribution is 2.32. The van der Waals surface area contributed by atoms with Gasteiger partial charge in [-0.25, -0.2) is 0 Å². The van der Waals surface area contributed by atoms with Crippen LogP contribution >= 0.6 is 23.2 Å². The second-order valence-corrected chi connectivity index (χ2v) is 7.38. The highest BCUT2D eigenvalue weighted by Gasteiger charge is 2.22. The minimum Gasteiger partial charge on any atom is -0.378 e. The number of fused-ring (bicyclic) bond motifs is 1. The summed E-state index contributed by atoms with van der Waals surface area (Å²) in [4.78, 5) is -0.103. The van der Waals surface area contributed by atoms with Gasteiger partial charge < -0.3 is 4.18 Å². The smallest absolute Gasteiger partial charge is 0.340 e. The van der Waals surface area contributed by atoms with Crippen molar-refractivity contribution in [1.82, 2.24) is 0 Å². The molecule has 0 aromatic heterocycles. The molecule has 0 N–H and O–H groups in total. The van der Waals surface area contributed by atoms with Gasteiger partial charge in [0, 0.05) is 10.4 Å². The van der Waals surface area contributed by atoms with E-state index < -0.39 is 10.1 Å². The zero-order chi connectivity index (χ0) is 16.6. The zero-order valence-corrected chi connectivity index (χ0v) is 14.4. The topological polar surface area (TPSA) is 43.4 Å². The summed E-state index contributed by atoms with van der Waals surface area (Å²) in [5.74, 6) is 0.256. The van der Waals surface area contributed by atoms with Crippen molar-refractivity contribution in [3.05, 3.63) is 70.2 Å². The first-order chi connectivity index (χ1) is 10.9. The van der Waals surface area contributed by atoms with Gasteiger partial charge in [-0.15, -0.1) is 0 Å². The standard InChI is InChI=1S/C17H12Cl2O3S/c1-11-9-17(15(19)10-14(11)18)23(20,21)22-16-8-4-6-12-5-2-3-7-13(12)16/h2-10H,1H3. The molecule has 0 radical (unpaired) electrons. The van der Waals surface area contributed by atoms with Crippen molar-refractivity contribution in [2.45, 2.75) is 11.8 Å². The highest BCUT2D eigenvalue weighted by molar-refractivity contribution is 7.87. The number of benzene rings is 3. The van der Waals surface area contributed by atoms with Crippen molar-refractivity contribution in [1.29, 1.82) is 0 Å². The fourth-order valence-electron chi connectivity index (χ4n) is 2.25. The molecule has 23 heavy (non-hydrogen) atoms. The van der Waals surface area contributed by atoms with Crippen LogP contribution < -0.4 is 4.18 Å². The Balaban J connectivity index is 2.09. The molecule has 0 heterocycles. The van der Waals surface area contributed by atoms with E-state index in [9.17, 15) is 8.42 Å². The second kappa shape index (κ2) is 6.04. The quantitative estimate of drug-likeness (QED) is 0.596. The Hall–Kier alpha value is -1.75. The third-order valence-electron chi connectivity index (χ3n) is 3.43. The van der Waals surface area contributed by atoms with E-state index in [1.165, 1.54) is 12.1 Å². The van der Waals surface area contributed by atoms with Gasteiger partial charge in [-0.3, -0.25) is 0 Å². The third-order valence-corrected chi connectivity index (χ3v) is 5.54. The molecule has 0 bridgehead atoms. The Kier molecular flexibility index (Phi) is 4.23. The number of halogens is 2. The number of hydrogen-bond acceptors (Lipinski definition) is 3. The Morgan fingerprint density at radius 3 is 2.39 bits per heavy atom. The van der Waals surface area contributed by atoms with Gasteiger partial charge in [-0.05, 0) is 36.1 Å². The molecule has 6 heteroatoms. The average molecular weight is 367 g/mol. The first-order valence-corrected chi connectivity index (χ1v) is 8.93. The summed E-state index contributed by atoms with van der Waals surface area (Å²) in [5.41, 5.74) is 0.608. The Labute approximate surface area is 144 Å². The summed E-state index contributed by atoms with van der Waals surface area (Å²) in [6, 6.07) is 15.4. The van der Waals surface area contributed by atoms with Crippen molar-refractivity contribution >= 4 is 44.1 Å². The largest absolute Gasteiger partial charge is 0.378 e. The van der Waals surface area contributed by atoms with Crippen LogP contribution in [0, 0.1) is 6.92 Å². The van der Waals surface area contributed by atoms with Gasteiger partial charge in [0.25, 0.3) is 0 Å². The maximum atomic E-state index is 12.6. The summed E-state index contributed by atoms with van der Waals surface area (Å²) in [5, 5.41) is 2.03. The molecule has 0 saturated heterocycles. The molecule has 0 unspecified atom stereocenters. The average Bonchev–Trinajstić information content (AvgIpc) is 2.51. The lowest BCUT2D eigenvalue weighted by Crippen LogP contribution is -2.11. The number of aryl methyl sites for hydroxylation is 1. The molecular formula is C17H12Cl2O3S. The van der Waals surface area contributed by atoms with Crippen molar-refractivity contribution < 1.29 is 12.6 Å². The van der Waals surface area contributed by atoms with E-state index in [0.29, 0.717) is 16.0 Å². The van der Waals surface area contributed by atoms with E-state index in [4.69, 9.17) is 27.4 Å². The maximum absolute atomic E-state index is 12.6. The van der Waals surface area contributed by atoms with Crippen LogP contribution in [0.1, 0.15) is 5.56 Å². The summed E-state index contributed by atoms with van der Waals surface area (Å²) in [6.07, 6.45) is 0. The molecule has 3 aromatic carbocycles. The Bertz CT molecular complexity index is 993. The maximum Gasteiger partial charge on any atom is 0.340 e. The normalized spacial score (nSPS) is 11.6. The van der Waals surface area contributed by atoms with Crippen LogP contribution in [0.2, 0.25) is 10.0 Å². The van der Waals surface area contributed by atoms with Gasteiger partial charge >= 0.3 is 10.1 Å². The molecule has 0 saturated carbocycles. The third kappa shape index (κ3) is 3.15. The lowest BCUT2D eigenvalue weighted by atomic mass is 10.1. The van der Waals surface area contributed by atoms with Crippen molar-refractivity contribution in [2.24, 2.45) is 0 Å². The molecular weight excluding hydrogens is 355 g/mol. The second-order valence-electron chi connectivity index (χ2n) is 5.05. The predicted molar refractivity (Wildman–Crippen MR) is 93.0 cm³/mol. The van der Waals surface area contributed by atoms with Gasteiger partial charge in [-0.2, -0.15) is 8.42 Å². The summed E-state index contributed by atoms with van der Waals surface area (Å²) in [7, 11) is -4.07. The molecule has 3 rings (SSSR count). The first kappa shape index (κ1) is 16.1. The minimum absolute atomic E-state index is 0.0286. The monoisotopic (exact) mass is 366 g/mol. The van der Waals surface area contributed by atoms with Crippen LogP contribution in [-0.2, 0) is 10.1 Å². The molecule has 0 aliphatic rings. The van der Waals surface area contributed by atoms with E-state index in [2.05, 4.69) is 0 Å². The molecule has 3 nitrogen and oxygen atoms in total. The van der Waals surface area contributed by atoms with E-state index in [-0.39, 0.29) is 15.7 Å². The highest BCUT2D eigenvalue weighted by atomic mass is 35.5. The van der Waals surface area contributed by atoms with Crippen molar-refractivity contribution in [3.63, 3.8) is 0 Å². The lowest BCUT2D eigenvalue weighted by molar-refractivity contribution is 0.488. The van der Waals surface area contributed by atoms with Gasteiger partial charge in [-0.1, -0.05) is 59.6 Å². The molecule has 0 aliphatic heterocycles. The molecule has 0 fully saturated rings. The van der Waals surface area contributed by atoms with Crippen LogP contribution in [-0.4, -0.2) is 8.42 Å². The Morgan fingerprint density at radius 2 is 1.61 bits per heavy atom. The molecule has 118 valence electrons. The SMILES string of the molecule is Cc1cc(S(=O)(=O)Oc2cccc3ccccc23)c(Cl)cc1Cl. The molecule has 0 aliphatic carbocycles. The summed E-state index contributed by atoms with van der Waals surface area (Å²) in [6.45, 7) is 1.70. The van der Waals surface area contributed by atoms with E-state index in [1.54, 1.807) is 25.1 Å². The van der Waals surface area contributed by atoms with Crippen LogP contribution in [0.3, 0.4) is 0 Å². The van der Waals surface area contributed by atoms with E-state index in [1.807, 2.05) is 24.3 Å². The summed E-state index contributed by atoms with van der Waals surface area (Å²) >= 11 is 12.0. The number of rotatable bonds is 3. The molecule has 0 atom stereocenters. The van der Waals surface area contributed by atoms with E-state index >= 15 is 0 Å². The zero-order valence-electron chi connectivity index (χ0n) is 12.1. The predicted octanol–water partition coefficient (Wildman–Crippen LogP) is 5.22.